The van der Waals surface area contributed by atoms with Crippen LogP contribution < -0.4 is 0 Å². The van der Waals surface area contributed by atoms with Gasteiger partial charge in [-0.25, -0.2) is 0 Å². The van der Waals surface area contributed by atoms with Crippen LogP contribution in [0.5, 0.6) is 0 Å². The van der Waals surface area contributed by atoms with E-state index in [-0.39, 0.29) is 25.0 Å². The number of fused-ring (bicyclic) bond motifs is 1. The summed E-state index contributed by atoms with van der Waals surface area (Å²) in [5.41, 5.74) is -1.07. The molecule has 1 aliphatic carbocycles. The summed E-state index contributed by atoms with van der Waals surface area (Å²) < 4.78 is 16.6. The van der Waals surface area contributed by atoms with Gasteiger partial charge >= 0.3 is 11.9 Å². The predicted octanol–water partition coefficient (Wildman–Crippen LogP) is 0.267. The molecule has 4 rings (SSSR count). The summed E-state index contributed by atoms with van der Waals surface area (Å²) in [6.45, 7) is 1.36. The van der Waals surface area contributed by atoms with E-state index in [1.807, 2.05) is 0 Å². The van der Waals surface area contributed by atoms with E-state index in [2.05, 4.69) is 0 Å². The molecule has 1 saturated carbocycles. The third-order valence-electron chi connectivity index (χ3n) is 5.32. The Morgan fingerprint density at radius 1 is 0.905 bits per heavy atom. The standard InChI is InChI=1S/C14H18O7/c15-11(16)9-3-13(1-7-5-19-7)14(21-13,2-8-6-20-8)4-10(9)12(17)18/h7-10H,1-6H2,(H,15,16)(H,17,18). The normalized spacial score (nSPS) is 50.1. The quantitative estimate of drug-likeness (QED) is 0.677. The van der Waals surface area contributed by atoms with Gasteiger partial charge in [-0.3, -0.25) is 9.59 Å². The monoisotopic (exact) mass is 298 g/mol. The van der Waals surface area contributed by atoms with E-state index in [0.717, 1.165) is 0 Å². The van der Waals surface area contributed by atoms with Crippen molar-refractivity contribution in [1.29, 1.82) is 0 Å². The Kier molecular flexibility index (Phi) is 2.68. The molecule has 116 valence electrons. The van der Waals surface area contributed by atoms with E-state index < -0.39 is 35.0 Å². The minimum atomic E-state index is -1.05. The zero-order chi connectivity index (χ0) is 14.8. The lowest BCUT2D eigenvalue weighted by atomic mass is 9.65. The molecular weight excluding hydrogens is 280 g/mol. The van der Waals surface area contributed by atoms with Crippen molar-refractivity contribution in [3.63, 3.8) is 0 Å². The molecule has 0 spiro atoms. The molecular formula is C14H18O7. The molecule has 6 atom stereocenters. The van der Waals surface area contributed by atoms with Gasteiger partial charge in [0.25, 0.3) is 0 Å². The molecule has 0 amide bonds. The molecule has 3 aliphatic heterocycles. The molecule has 0 aromatic carbocycles. The summed E-state index contributed by atoms with van der Waals surface area (Å²) in [5, 5.41) is 18.7. The van der Waals surface area contributed by atoms with E-state index in [4.69, 9.17) is 14.2 Å². The van der Waals surface area contributed by atoms with Crippen molar-refractivity contribution < 1.29 is 34.0 Å². The van der Waals surface area contributed by atoms with Crippen molar-refractivity contribution in [2.75, 3.05) is 13.2 Å². The minimum absolute atomic E-state index is 0.128. The fraction of sp³-hybridized carbons (Fsp3) is 0.857. The molecule has 3 heterocycles. The Bertz CT molecular complexity index is 454. The molecule has 4 fully saturated rings. The lowest BCUT2D eigenvalue weighted by Gasteiger charge is -2.33. The van der Waals surface area contributed by atoms with Crippen LogP contribution in [0.15, 0.2) is 0 Å². The number of carboxylic acid groups (broad SMARTS) is 2. The summed E-state index contributed by atoms with van der Waals surface area (Å²) in [6, 6.07) is 0. The van der Waals surface area contributed by atoms with Crippen LogP contribution in [0.25, 0.3) is 0 Å². The Morgan fingerprint density at radius 3 is 1.57 bits per heavy atom. The van der Waals surface area contributed by atoms with Crippen LogP contribution in [0, 0.1) is 11.8 Å². The summed E-state index contributed by atoms with van der Waals surface area (Å²) in [6.07, 6.45) is 2.09. The number of carboxylic acids is 2. The number of aliphatic carboxylic acids is 2. The Labute approximate surface area is 121 Å². The summed E-state index contributed by atoms with van der Waals surface area (Å²) in [7, 11) is 0. The van der Waals surface area contributed by atoms with Crippen molar-refractivity contribution in [2.45, 2.75) is 49.1 Å². The fourth-order valence-electron chi connectivity index (χ4n) is 4.05. The first-order chi connectivity index (χ1) is 9.95. The fourth-order valence-corrected chi connectivity index (χ4v) is 4.05. The van der Waals surface area contributed by atoms with E-state index in [9.17, 15) is 19.8 Å². The molecule has 0 aromatic heterocycles. The van der Waals surface area contributed by atoms with Crippen LogP contribution in [0.2, 0.25) is 0 Å². The van der Waals surface area contributed by atoms with Crippen molar-refractivity contribution in [1.82, 2.24) is 0 Å². The zero-order valence-electron chi connectivity index (χ0n) is 11.5. The van der Waals surface area contributed by atoms with Crippen LogP contribution in [0.3, 0.4) is 0 Å². The minimum Gasteiger partial charge on any atom is -0.481 e. The molecule has 4 aliphatic rings. The van der Waals surface area contributed by atoms with Gasteiger partial charge in [0, 0.05) is 12.8 Å². The lowest BCUT2D eigenvalue weighted by Crippen LogP contribution is -2.45. The average molecular weight is 298 g/mol. The molecule has 0 radical (unpaired) electrons. The third kappa shape index (κ3) is 2.15. The highest BCUT2D eigenvalue weighted by Crippen LogP contribution is 2.65. The highest BCUT2D eigenvalue weighted by Gasteiger charge is 2.76. The molecule has 0 bridgehead atoms. The van der Waals surface area contributed by atoms with Gasteiger partial charge in [0.05, 0.1) is 37.3 Å². The number of epoxide rings is 3. The number of carbonyl (C=O) groups is 2. The molecule has 7 nitrogen and oxygen atoms in total. The number of hydrogen-bond acceptors (Lipinski definition) is 5. The van der Waals surface area contributed by atoms with E-state index in [1.165, 1.54) is 0 Å². The van der Waals surface area contributed by atoms with Crippen LogP contribution in [-0.2, 0) is 23.8 Å². The second-order valence-corrected chi connectivity index (χ2v) is 6.71. The van der Waals surface area contributed by atoms with E-state index >= 15 is 0 Å². The van der Waals surface area contributed by atoms with Gasteiger partial charge in [0.15, 0.2) is 0 Å². The topological polar surface area (TPSA) is 112 Å². The molecule has 21 heavy (non-hydrogen) atoms. The maximum atomic E-state index is 11.4. The van der Waals surface area contributed by atoms with Crippen molar-refractivity contribution in [2.24, 2.45) is 11.8 Å². The Morgan fingerprint density at radius 2 is 1.29 bits per heavy atom. The molecule has 2 N–H and O–H groups in total. The molecule has 6 unspecified atom stereocenters. The van der Waals surface area contributed by atoms with Crippen molar-refractivity contribution in [3.05, 3.63) is 0 Å². The number of hydrogen-bond donors (Lipinski definition) is 2. The molecule has 3 saturated heterocycles. The van der Waals surface area contributed by atoms with E-state index in [1.54, 1.807) is 0 Å². The smallest absolute Gasteiger partial charge is 0.307 e. The predicted molar refractivity (Wildman–Crippen MR) is 66.7 cm³/mol. The van der Waals surface area contributed by atoms with Crippen LogP contribution in [0.1, 0.15) is 25.7 Å². The first-order valence-corrected chi connectivity index (χ1v) is 7.34. The highest BCUT2D eigenvalue weighted by molar-refractivity contribution is 5.81. The Hall–Kier alpha value is -1.18. The Balaban J connectivity index is 1.60. The van der Waals surface area contributed by atoms with Crippen LogP contribution >= 0.6 is 0 Å². The zero-order valence-corrected chi connectivity index (χ0v) is 11.5. The highest BCUT2D eigenvalue weighted by atomic mass is 16.6. The van der Waals surface area contributed by atoms with Gasteiger partial charge in [0.2, 0.25) is 0 Å². The number of rotatable bonds is 6. The molecule has 0 aromatic rings. The lowest BCUT2D eigenvalue weighted by molar-refractivity contribution is -0.156. The van der Waals surface area contributed by atoms with Gasteiger partial charge < -0.3 is 24.4 Å². The maximum absolute atomic E-state index is 11.4. The van der Waals surface area contributed by atoms with Crippen molar-refractivity contribution in [3.8, 4) is 0 Å². The SMILES string of the molecule is O=C(O)C1CC2(CC3CO3)OC2(CC2CO2)CC1C(=O)O. The first kappa shape index (κ1) is 13.5. The van der Waals surface area contributed by atoms with Crippen LogP contribution in [-0.4, -0.2) is 58.8 Å². The third-order valence-corrected chi connectivity index (χ3v) is 5.32. The van der Waals surface area contributed by atoms with Gasteiger partial charge in [-0.2, -0.15) is 0 Å². The maximum Gasteiger partial charge on any atom is 0.307 e. The van der Waals surface area contributed by atoms with Gasteiger partial charge in [0.1, 0.15) is 11.2 Å². The van der Waals surface area contributed by atoms with Crippen molar-refractivity contribution >= 4 is 11.9 Å². The average Bonchev–Trinajstić information content (AvgIpc) is 3.25. The van der Waals surface area contributed by atoms with Gasteiger partial charge in [-0.1, -0.05) is 0 Å². The summed E-state index contributed by atoms with van der Waals surface area (Å²) >= 11 is 0. The number of ether oxygens (including phenoxy) is 3. The second kappa shape index (κ2) is 4.18. The van der Waals surface area contributed by atoms with Gasteiger partial charge in [-0.15, -0.1) is 0 Å². The second-order valence-electron chi connectivity index (χ2n) is 6.71. The largest absolute Gasteiger partial charge is 0.481 e. The molecule has 7 heteroatoms. The summed E-state index contributed by atoms with van der Waals surface area (Å²) in [4.78, 5) is 22.9. The van der Waals surface area contributed by atoms with Crippen LogP contribution in [0.4, 0.5) is 0 Å². The van der Waals surface area contributed by atoms with E-state index in [0.29, 0.717) is 26.1 Å². The first-order valence-electron chi connectivity index (χ1n) is 7.34. The summed E-state index contributed by atoms with van der Waals surface area (Å²) in [5.74, 6) is -3.88. The van der Waals surface area contributed by atoms with Gasteiger partial charge in [-0.05, 0) is 12.8 Å².